The van der Waals surface area contributed by atoms with Gasteiger partial charge in [-0.1, -0.05) is 24.6 Å². The molecule has 0 saturated carbocycles. The SMILES string of the molecule is COc1ccc(S(=O)(=O)N2CCCCC2)cc1NC(=O)COC(=O)c1ccccc1. The fraction of sp³-hybridized carbons (Fsp3) is 0.333. The van der Waals surface area contributed by atoms with Gasteiger partial charge in [0.05, 0.1) is 23.3 Å². The van der Waals surface area contributed by atoms with Crippen molar-refractivity contribution in [3.63, 3.8) is 0 Å². The molecule has 0 aliphatic carbocycles. The van der Waals surface area contributed by atoms with Crippen LogP contribution in [-0.4, -0.2) is 51.4 Å². The summed E-state index contributed by atoms with van der Waals surface area (Å²) < 4.78 is 37.5. The Morgan fingerprint density at radius 3 is 2.40 bits per heavy atom. The van der Waals surface area contributed by atoms with Crippen LogP contribution in [0.25, 0.3) is 0 Å². The number of rotatable bonds is 7. The summed E-state index contributed by atoms with van der Waals surface area (Å²) in [5, 5.41) is 2.56. The van der Waals surface area contributed by atoms with Gasteiger partial charge in [-0.05, 0) is 43.2 Å². The van der Waals surface area contributed by atoms with Gasteiger partial charge >= 0.3 is 5.97 Å². The topological polar surface area (TPSA) is 102 Å². The van der Waals surface area contributed by atoms with Crippen LogP contribution in [0, 0.1) is 0 Å². The van der Waals surface area contributed by atoms with Crippen LogP contribution in [0.2, 0.25) is 0 Å². The molecule has 9 heteroatoms. The number of benzene rings is 2. The number of carbonyl (C=O) groups is 2. The number of sulfonamides is 1. The fourth-order valence-electron chi connectivity index (χ4n) is 3.17. The van der Waals surface area contributed by atoms with Crippen molar-refractivity contribution in [1.82, 2.24) is 4.31 Å². The van der Waals surface area contributed by atoms with Crippen LogP contribution < -0.4 is 10.1 Å². The first-order valence-corrected chi connectivity index (χ1v) is 11.1. The molecule has 0 unspecified atom stereocenters. The van der Waals surface area contributed by atoms with Gasteiger partial charge in [-0.3, -0.25) is 4.79 Å². The van der Waals surface area contributed by atoms with Gasteiger partial charge in [-0.25, -0.2) is 13.2 Å². The number of methoxy groups -OCH3 is 1. The predicted octanol–water partition coefficient (Wildman–Crippen LogP) is 2.67. The minimum absolute atomic E-state index is 0.0711. The first-order chi connectivity index (χ1) is 14.4. The minimum atomic E-state index is -3.67. The van der Waals surface area contributed by atoms with Crippen LogP contribution in [0.1, 0.15) is 29.6 Å². The summed E-state index contributed by atoms with van der Waals surface area (Å²) in [7, 11) is -2.25. The summed E-state index contributed by atoms with van der Waals surface area (Å²) in [4.78, 5) is 24.3. The Labute approximate surface area is 175 Å². The lowest BCUT2D eigenvalue weighted by molar-refractivity contribution is -0.119. The van der Waals surface area contributed by atoms with Crippen molar-refractivity contribution >= 4 is 27.6 Å². The number of carbonyl (C=O) groups excluding carboxylic acids is 2. The number of hydrogen-bond donors (Lipinski definition) is 1. The Bertz CT molecular complexity index is 1000. The maximum atomic E-state index is 12.9. The number of anilines is 1. The number of ether oxygens (including phenoxy) is 2. The molecule has 1 saturated heterocycles. The Morgan fingerprint density at radius 1 is 1.03 bits per heavy atom. The molecule has 1 amide bonds. The highest BCUT2D eigenvalue weighted by Crippen LogP contribution is 2.30. The molecule has 0 spiro atoms. The van der Waals surface area contributed by atoms with Crippen LogP contribution in [0.3, 0.4) is 0 Å². The monoisotopic (exact) mass is 432 g/mol. The molecule has 160 valence electrons. The second-order valence-electron chi connectivity index (χ2n) is 6.82. The number of amides is 1. The summed E-state index contributed by atoms with van der Waals surface area (Å²) in [5.41, 5.74) is 0.522. The van der Waals surface area contributed by atoms with E-state index in [4.69, 9.17) is 9.47 Å². The van der Waals surface area contributed by atoms with E-state index in [0.717, 1.165) is 19.3 Å². The normalized spacial score (nSPS) is 14.7. The number of piperidine rings is 1. The van der Waals surface area contributed by atoms with E-state index in [1.54, 1.807) is 30.3 Å². The summed E-state index contributed by atoms with van der Waals surface area (Å²) in [5.74, 6) is -0.931. The number of nitrogens with zero attached hydrogens (tertiary/aromatic N) is 1. The predicted molar refractivity (Wildman–Crippen MR) is 111 cm³/mol. The average Bonchev–Trinajstić information content (AvgIpc) is 2.78. The lowest BCUT2D eigenvalue weighted by Crippen LogP contribution is -2.35. The summed E-state index contributed by atoms with van der Waals surface area (Å²) in [6.07, 6.45) is 2.66. The van der Waals surface area contributed by atoms with E-state index in [2.05, 4.69) is 5.32 Å². The van der Waals surface area contributed by atoms with E-state index in [0.29, 0.717) is 24.4 Å². The zero-order chi connectivity index (χ0) is 21.6. The van der Waals surface area contributed by atoms with Gasteiger partial charge in [0.2, 0.25) is 10.0 Å². The van der Waals surface area contributed by atoms with Crippen molar-refractivity contribution in [2.75, 3.05) is 32.1 Å². The second-order valence-corrected chi connectivity index (χ2v) is 8.76. The maximum Gasteiger partial charge on any atom is 0.338 e. The van der Waals surface area contributed by atoms with Gasteiger partial charge < -0.3 is 14.8 Å². The minimum Gasteiger partial charge on any atom is -0.495 e. The van der Waals surface area contributed by atoms with Gasteiger partial charge in [0.15, 0.2) is 6.61 Å². The Balaban J connectivity index is 1.70. The first kappa shape index (κ1) is 21.8. The van der Waals surface area contributed by atoms with Gasteiger partial charge in [-0.15, -0.1) is 0 Å². The molecule has 8 nitrogen and oxygen atoms in total. The Hall–Kier alpha value is -2.91. The highest BCUT2D eigenvalue weighted by molar-refractivity contribution is 7.89. The third-order valence-electron chi connectivity index (χ3n) is 4.74. The molecular formula is C21H24N2O6S. The van der Waals surface area contributed by atoms with Crippen molar-refractivity contribution in [1.29, 1.82) is 0 Å². The molecule has 0 aromatic heterocycles. The van der Waals surface area contributed by atoms with Crippen molar-refractivity contribution in [3.8, 4) is 5.75 Å². The molecule has 0 bridgehead atoms. The second kappa shape index (κ2) is 9.73. The maximum absolute atomic E-state index is 12.9. The van der Waals surface area contributed by atoms with E-state index in [1.165, 1.54) is 29.6 Å². The van der Waals surface area contributed by atoms with E-state index in [9.17, 15) is 18.0 Å². The zero-order valence-corrected chi connectivity index (χ0v) is 17.5. The molecule has 1 N–H and O–H groups in total. The molecule has 1 fully saturated rings. The molecule has 30 heavy (non-hydrogen) atoms. The van der Waals surface area contributed by atoms with Crippen molar-refractivity contribution in [3.05, 3.63) is 54.1 Å². The van der Waals surface area contributed by atoms with Crippen LogP contribution in [0.5, 0.6) is 5.75 Å². The Kier molecular flexibility index (Phi) is 7.07. The third kappa shape index (κ3) is 5.17. The number of nitrogens with one attached hydrogen (secondary N) is 1. The molecule has 2 aromatic rings. The van der Waals surface area contributed by atoms with Crippen molar-refractivity contribution in [2.45, 2.75) is 24.2 Å². The Morgan fingerprint density at radius 2 is 1.73 bits per heavy atom. The van der Waals surface area contributed by atoms with E-state index >= 15 is 0 Å². The van der Waals surface area contributed by atoms with Gasteiger partial charge in [-0.2, -0.15) is 4.31 Å². The summed E-state index contributed by atoms with van der Waals surface area (Å²) in [6.45, 7) is 0.441. The molecule has 1 aliphatic heterocycles. The van der Waals surface area contributed by atoms with Crippen molar-refractivity contribution in [2.24, 2.45) is 0 Å². The lowest BCUT2D eigenvalue weighted by atomic mass is 10.2. The molecule has 1 aliphatic rings. The summed E-state index contributed by atoms with van der Waals surface area (Å²) >= 11 is 0. The van der Waals surface area contributed by atoms with Crippen molar-refractivity contribution < 1.29 is 27.5 Å². The van der Waals surface area contributed by atoms with Crippen LogP contribution >= 0.6 is 0 Å². The highest BCUT2D eigenvalue weighted by atomic mass is 32.2. The molecule has 0 radical (unpaired) electrons. The van der Waals surface area contributed by atoms with Crippen LogP contribution in [0.15, 0.2) is 53.4 Å². The lowest BCUT2D eigenvalue weighted by Gasteiger charge is -2.26. The smallest absolute Gasteiger partial charge is 0.338 e. The van der Waals surface area contributed by atoms with Gasteiger partial charge in [0, 0.05) is 13.1 Å². The van der Waals surface area contributed by atoms with E-state index in [1.807, 2.05) is 0 Å². The highest BCUT2D eigenvalue weighted by Gasteiger charge is 2.27. The van der Waals surface area contributed by atoms with Gasteiger partial charge in [0.1, 0.15) is 5.75 Å². The average molecular weight is 432 g/mol. The molecular weight excluding hydrogens is 408 g/mol. The first-order valence-electron chi connectivity index (χ1n) is 9.62. The van der Waals surface area contributed by atoms with Gasteiger partial charge in [0.25, 0.3) is 5.91 Å². The third-order valence-corrected chi connectivity index (χ3v) is 6.64. The molecule has 3 rings (SSSR count). The van der Waals surface area contributed by atoms with Crippen LogP contribution in [0.4, 0.5) is 5.69 Å². The van der Waals surface area contributed by atoms with E-state index in [-0.39, 0.29) is 10.6 Å². The van der Waals surface area contributed by atoms with Crippen LogP contribution in [-0.2, 0) is 19.6 Å². The zero-order valence-electron chi connectivity index (χ0n) is 16.7. The van der Waals surface area contributed by atoms with E-state index < -0.39 is 28.5 Å². The molecule has 2 aromatic carbocycles. The largest absolute Gasteiger partial charge is 0.495 e. The summed E-state index contributed by atoms with van der Waals surface area (Å²) in [6, 6.07) is 12.6. The number of hydrogen-bond acceptors (Lipinski definition) is 6. The number of esters is 1. The quantitative estimate of drug-likeness (QED) is 0.675. The fourth-order valence-corrected chi connectivity index (χ4v) is 4.72. The molecule has 0 atom stereocenters. The standard InChI is InChI=1S/C21H24N2O6S/c1-28-19-11-10-17(30(26,27)23-12-6-3-7-13-23)14-18(19)22-20(24)15-29-21(25)16-8-4-2-5-9-16/h2,4-5,8-11,14H,3,6-7,12-13,15H2,1H3,(H,22,24). The molecule has 1 heterocycles.